The van der Waals surface area contributed by atoms with Crippen LogP contribution < -0.4 is 5.32 Å². The number of rotatable bonds is 6. The number of benzene rings is 1. The fourth-order valence-corrected chi connectivity index (χ4v) is 2.41. The van der Waals surface area contributed by atoms with Gasteiger partial charge in [0, 0.05) is 18.3 Å². The van der Waals surface area contributed by atoms with Gasteiger partial charge in [0.1, 0.15) is 11.9 Å². The highest BCUT2D eigenvalue weighted by Gasteiger charge is 2.16. The summed E-state index contributed by atoms with van der Waals surface area (Å²) in [6.45, 7) is 6.63. The van der Waals surface area contributed by atoms with E-state index in [1.807, 2.05) is 17.8 Å². The molecule has 0 amide bonds. The van der Waals surface area contributed by atoms with E-state index in [1.165, 1.54) is 6.07 Å². The van der Waals surface area contributed by atoms with Gasteiger partial charge in [0.15, 0.2) is 0 Å². The molecule has 3 rings (SSSR count). The monoisotopic (exact) mass is 329 g/mol. The zero-order valence-corrected chi connectivity index (χ0v) is 14.0. The Hall–Kier alpha value is -2.70. The number of hydrogen-bond acceptors (Lipinski definition) is 5. The second kappa shape index (κ2) is 6.82. The van der Waals surface area contributed by atoms with Crippen LogP contribution in [0.2, 0.25) is 0 Å². The molecule has 1 aromatic carbocycles. The Balaban J connectivity index is 1.72. The average molecular weight is 329 g/mol. The van der Waals surface area contributed by atoms with Gasteiger partial charge in [0.25, 0.3) is 0 Å². The molecule has 0 saturated heterocycles. The number of aromatic nitrogens is 4. The van der Waals surface area contributed by atoms with Crippen molar-refractivity contribution >= 4 is 5.69 Å². The largest absolute Gasteiger partial charge is 0.371 e. The van der Waals surface area contributed by atoms with Crippen LogP contribution in [-0.2, 0) is 6.54 Å². The number of aryl methyl sites for hydroxylation is 2. The van der Waals surface area contributed by atoms with Crippen LogP contribution in [0.4, 0.5) is 10.1 Å². The summed E-state index contributed by atoms with van der Waals surface area (Å²) in [6.07, 6.45) is 4.74. The minimum absolute atomic E-state index is 0.160. The SMILES string of the molecule is CCCn1cc(NC(C)c2nc(-c3ccc(F)c(C)c3)no2)cn1. The Morgan fingerprint density at radius 1 is 1.38 bits per heavy atom. The molecule has 0 bridgehead atoms. The molecule has 1 atom stereocenters. The minimum atomic E-state index is -0.249. The van der Waals surface area contributed by atoms with Crippen molar-refractivity contribution in [3.63, 3.8) is 0 Å². The highest BCUT2D eigenvalue weighted by Crippen LogP contribution is 2.23. The van der Waals surface area contributed by atoms with E-state index in [9.17, 15) is 4.39 Å². The predicted molar refractivity (Wildman–Crippen MR) is 89.0 cm³/mol. The molecule has 0 aliphatic carbocycles. The Kier molecular flexibility index (Phi) is 4.59. The molecule has 0 radical (unpaired) electrons. The van der Waals surface area contributed by atoms with Crippen LogP contribution in [0.3, 0.4) is 0 Å². The van der Waals surface area contributed by atoms with Crippen molar-refractivity contribution in [1.82, 2.24) is 19.9 Å². The molecule has 0 spiro atoms. The van der Waals surface area contributed by atoms with Gasteiger partial charge in [-0.2, -0.15) is 10.1 Å². The van der Waals surface area contributed by atoms with E-state index in [1.54, 1.807) is 25.3 Å². The van der Waals surface area contributed by atoms with Gasteiger partial charge in [0.05, 0.1) is 11.9 Å². The maximum Gasteiger partial charge on any atom is 0.249 e. The Bertz CT molecular complexity index is 826. The van der Waals surface area contributed by atoms with Crippen molar-refractivity contribution < 1.29 is 8.91 Å². The van der Waals surface area contributed by atoms with Gasteiger partial charge in [-0.05, 0) is 44.0 Å². The van der Waals surface area contributed by atoms with Crippen molar-refractivity contribution in [2.75, 3.05) is 5.32 Å². The molecular formula is C17H20FN5O. The molecular weight excluding hydrogens is 309 g/mol. The number of nitrogens with one attached hydrogen (secondary N) is 1. The third-order valence-electron chi connectivity index (χ3n) is 3.70. The maximum atomic E-state index is 13.4. The van der Waals surface area contributed by atoms with Crippen LogP contribution in [0.5, 0.6) is 0 Å². The zero-order chi connectivity index (χ0) is 17.1. The fourth-order valence-electron chi connectivity index (χ4n) is 2.41. The first-order valence-corrected chi connectivity index (χ1v) is 7.96. The molecule has 0 saturated carbocycles. The molecule has 2 heterocycles. The van der Waals surface area contributed by atoms with Crippen molar-refractivity contribution in [3.8, 4) is 11.4 Å². The molecule has 0 aliphatic rings. The quantitative estimate of drug-likeness (QED) is 0.741. The molecule has 3 aromatic rings. The van der Waals surface area contributed by atoms with Crippen molar-refractivity contribution in [1.29, 1.82) is 0 Å². The zero-order valence-electron chi connectivity index (χ0n) is 14.0. The third-order valence-corrected chi connectivity index (χ3v) is 3.70. The van der Waals surface area contributed by atoms with Crippen LogP contribution in [0.1, 0.15) is 37.8 Å². The lowest BCUT2D eigenvalue weighted by Crippen LogP contribution is -2.06. The summed E-state index contributed by atoms with van der Waals surface area (Å²) >= 11 is 0. The standard InChI is InChI=1S/C17H20FN5O/c1-4-7-23-10-14(9-19-23)20-12(3)17-21-16(22-24-17)13-5-6-15(18)11(2)8-13/h5-6,8-10,12,20H,4,7H2,1-3H3. The van der Waals surface area contributed by atoms with E-state index < -0.39 is 0 Å². The van der Waals surface area contributed by atoms with Gasteiger partial charge in [-0.25, -0.2) is 4.39 Å². The molecule has 126 valence electrons. The maximum absolute atomic E-state index is 13.4. The summed E-state index contributed by atoms with van der Waals surface area (Å²) < 4.78 is 20.6. The van der Waals surface area contributed by atoms with E-state index in [4.69, 9.17) is 4.52 Å². The van der Waals surface area contributed by atoms with Gasteiger partial charge >= 0.3 is 0 Å². The highest BCUT2D eigenvalue weighted by atomic mass is 19.1. The van der Waals surface area contributed by atoms with Gasteiger partial charge in [-0.3, -0.25) is 4.68 Å². The summed E-state index contributed by atoms with van der Waals surface area (Å²) in [5.41, 5.74) is 2.17. The van der Waals surface area contributed by atoms with Crippen molar-refractivity contribution in [2.45, 2.75) is 39.8 Å². The summed E-state index contributed by atoms with van der Waals surface area (Å²) in [5, 5.41) is 11.5. The molecule has 0 aliphatic heterocycles. The van der Waals surface area contributed by atoms with E-state index in [0.717, 1.165) is 24.2 Å². The Morgan fingerprint density at radius 2 is 2.21 bits per heavy atom. The normalized spacial score (nSPS) is 12.3. The minimum Gasteiger partial charge on any atom is -0.371 e. The van der Waals surface area contributed by atoms with Gasteiger partial charge < -0.3 is 9.84 Å². The van der Waals surface area contributed by atoms with Gasteiger partial charge in [-0.1, -0.05) is 12.1 Å². The van der Waals surface area contributed by atoms with Crippen molar-refractivity contribution in [3.05, 3.63) is 47.9 Å². The molecule has 1 N–H and O–H groups in total. The molecule has 2 aromatic heterocycles. The summed E-state index contributed by atoms with van der Waals surface area (Å²) in [7, 11) is 0. The van der Waals surface area contributed by atoms with Crippen LogP contribution in [0.15, 0.2) is 35.1 Å². The molecule has 24 heavy (non-hydrogen) atoms. The first-order valence-electron chi connectivity index (χ1n) is 7.96. The summed E-state index contributed by atoms with van der Waals surface area (Å²) in [5.74, 6) is 0.667. The number of hydrogen-bond donors (Lipinski definition) is 1. The number of nitrogens with zero attached hydrogens (tertiary/aromatic N) is 4. The van der Waals surface area contributed by atoms with E-state index in [-0.39, 0.29) is 11.9 Å². The molecule has 6 nitrogen and oxygen atoms in total. The molecule has 7 heteroatoms. The number of halogens is 1. The summed E-state index contributed by atoms with van der Waals surface area (Å²) in [4.78, 5) is 4.40. The topological polar surface area (TPSA) is 68.8 Å². The third kappa shape index (κ3) is 3.45. The predicted octanol–water partition coefficient (Wildman–Crippen LogP) is 3.96. The van der Waals surface area contributed by atoms with Gasteiger partial charge in [0.2, 0.25) is 11.7 Å². The van der Waals surface area contributed by atoms with Crippen LogP contribution in [0, 0.1) is 12.7 Å². The van der Waals surface area contributed by atoms with E-state index in [2.05, 4.69) is 27.5 Å². The van der Waals surface area contributed by atoms with E-state index >= 15 is 0 Å². The van der Waals surface area contributed by atoms with Gasteiger partial charge in [-0.15, -0.1) is 0 Å². The second-order valence-corrected chi connectivity index (χ2v) is 5.78. The lowest BCUT2D eigenvalue weighted by atomic mass is 10.1. The van der Waals surface area contributed by atoms with E-state index in [0.29, 0.717) is 17.3 Å². The van der Waals surface area contributed by atoms with Crippen LogP contribution >= 0.6 is 0 Å². The van der Waals surface area contributed by atoms with Crippen molar-refractivity contribution in [2.24, 2.45) is 0 Å². The number of anilines is 1. The first kappa shape index (κ1) is 16.2. The first-order chi connectivity index (χ1) is 11.6. The lowest BCUT2D eigenvalue weighted by molar-refractivity contribution is 0.368. The Labute approximate surface area is 139 Å². The highest BCUT2D eigenvalue weighted by molar-refractivity contribution is 5.55. The Morgan fingerprint density at radius 3 is 2.96 bits per heavy atom. The fraction of sp³-hybridized carbons (Fsp3) is 0.353. The van der Waals surface area contributed by atoms with Crippen LogP contribution in [-0.4, -0.2) is 19.9 Å². The molecule has 0 fully saturated rings. The molecule has 1 unspecified atom stereocenters. The van der Waals surface area contributed by atoms with Crippen LogP contribution in [0.25, 0.3) is 11.4 Å². The smallest absolute Gasteiger partial charge is 0.249 e. The lowest BCUT2D eigenvalue weighted by Gasteiger charge is -2.08. The average Bonchev–Trinajstić information content (AvgIpc) is 3.20. The summed E-state index contributed by atoms with van der Waals surface area (Å²) in [6, 6.07) is 4.60. The second-order valence-electron chi connectivity index (χ2n) is 5.78.